The molecular weight excluding hydrogens is 210 g/mol. The van der Waals surface area contributed by atoms with Crippen LogP contribution in [0.5, 0.6) is 0 Å². The van der Waals surface area contributed by atoms with Crippen LogP contribution in [0.2, 0.25) is 0 Å². The van der Waals surface area contributed by atoms with Crippen molar-refractivity contribution in [2.24, 2.45) is 5.92 Å². The first-order chi connectivity index (χ1) is 7.61. The van der Waals surface area contributed by atoms with E-state index in [1.54, 1.807) is 6.92 Å². The van der Waals surface area contributed by atoms with E-state index < -0.39 is 11.9 Å². The second kappa shape index (κ2) is 3.88. The third-order valence-corrected chi connectivity index (χ3v) is 2.80. The standard InChI is InChI=1S/C10H11N3O3/c1-6-8(10(15)16)2-9(14)13(6)7-3-11-5-12-4-7/h3-6,8H,2H2,1H3,(H,15,16)/t6-,8+/m1/s1. The summed E-state index contributed by atoms with van der Waals surface area (Å²) in [5, 5.41) is 8.96. The molecule has 6 nitrogen and oxygen atoms in total. The average Bonchev–Trinajstić information content (AvgIpc) is 2.56. The predicted octanol–water partition coefficient (Wildman–Crippen LogP) is 0.303. The van der Waals surface area contributed by atoms with Crippen LogP contribution in [0.4, 0.5) is 5.69 Å². The first kappa shape index (κ1) is 10.5. The van der Waals surface area contributed by atoms with Gasteiger partial charge in [-0.3, -0.25) is 9.59 Å². The smallest absolute Gasteiger partial charge is 0.309 e. The van der Waals surface area contributed by atoms with Crippen molar-refractivity contribution >= 4 is 17.6 Å². The number of hydrogen-bond donors (Lipinski definition) is 1. The summed E-state index contributed by atoms with van der Waals surface area (Å²) in [6, 6.07) is -0.365. The highest BCUT2D eigenvalue weighted by Gasteiger charge is 2.41. The molecule has 0 radical (unpaired) electrons. The molecule has 2 heterocycles. The van der Waals surface area contributed by atoms with E-state index in [0.717, 1.165) is 0 Å². The number of hydrogen-bond acceptors (Lipinski definition) is 4. The molecule has 1 aliphatic rings. The summed E-state index contributed by atoms with van der Waals surface area (Å²) in [4.78, 5) is 31.7. The minimum Gasteiger partial charge on any atom is -0.481 e. The third-order valence-electron chi connectivity index (χ3n) is 2.80. The van der Waals surface area contributed by atoms with Gasteiger partial charge in [0, 0.05) is 12.5 Å². The van der Waals surface area contributed by atoms with Crippen molar-refractivity contribution in [3.05, 3.63) is 18.7 Å². The van der Waals surface area contributed by atoms with Crippen molar-refractivity contribution < 1.29 is 14.7 Å². The SMILES string of the molecule is C[C@@H]1[C@@H](C(=O)O)CC(=O)N1c1cncnc1. The molecule has 0 spiro atoms. The van der Waals surface area contributed by atoms with Crippen LogP contribution in [-0.2, 0) is 9.59 Å². The van der Waals surface area contributed by atoms with E-state index in [4.69, 9.17) is 5.11 Å². The fourth-order valence-electron chi connectivity index (χ4n) is 1.95. The van der Waals surface area contributed by atoms with E-state index in [0.29, 0.717) is 5.69 Å². The number of anilines is 1. The molecule has 0 aromatic carbocycles. The molecule has 1 fully saturated rings. The Balaban J connectivity index is 2.30. The summed E-state index contributed by atoms with van der Waals surface area (Å²) in [6.45, 7) is 1.72. The first-order valence-electron chi connectivity index (χ1n) is 4.91. The van der Waals surface area contributed by atoms with Crippen molar-refractivity contribution in [2.75, 3.05) is 4.90 Å². The van der Waals surface area contributed by atoms with Gasteiger partial charge in [-0.15, -0.1) is 0 Å². The second-order valence-corrected chi connectivity index (χ2v) is 3.75. The van der Waals surface area contributed by atoms with Crippen molar-refractivity contribution in [3.8, 4) is 0 Å². The summed E-state index contributed by atoms with van der Waals surface area (Å²) >= 11 is 0. The Bertz CT molecular complexity index is 421. The molecule has 1 aromatic rings. The van der Waals surface area contributed by atoms with Gasteiger partial charge in [0.25, 0.3) is 0 Å². The van der Waals surface area contributed by atoms with Gasteiger partial charge in [0.05, 0.1) is 24.0 Å². The van der Waals surface area contributed by atoms with Crippen LogP contribution in [0.3, 0.4) is 0 Å². The minimum absolute atomic E-state index is 0.0331. The zero-order valence-electron chi connectivity index (χ0n) is 8.70. The molecule has 84 valence electrons. The number of rotatable bonds is 2. The molecule has 1 saturated heterocycles. The van der Waals surface area contributed by atoms with Gasteiger partial charge in [0.2, 0.25) is 5.91 Å². The lowest BCUT2D eigenvalue weighted by molar-refractivity contribution is -0.142. The molecule has 1 N–H and O–H groups in total. The van der Waals surface area contributed by atoms with E-state index in [-0.39, 0.29) is 18.4 Å². The van der Waals surface area contributed by atoms with Crippen LogP contribution in [0.15, 0.2) is 18.7 Å². The third kappa shape index (κ3) is 1.62. The van der Waals surface area contributed by atoms with E-state index >= 15 is 0 Å². The first-order valence-corrected chi connectivity index (χ1v) is 4.91. The van der Waals surface area contributed by atoms with Gasteiger partial charge in [-0.05, 0) is 6.92 Å². The van der Waals surface area contributed by atoms with Crippen LogP contribution in [-0.4, -0.2) is 33.0 Å². The molecule has 0 bridgehead atoms. The van der Waals surface area contributed by atoms with E-state index in [2.05, 4.69) is 9.97 Å². The lowest BCUT2D eigenvalue weighted by atomic mass is 10.0. The Labute approximate surface area is 91.9 Å². The molecule has 0 saturated carbocycles. The fourth-order valence-corrected chi connectivity index (χ4v) is 1.95. The van der Waals surface area contributed by atoms with Crippen molar-refractivity contribution in [1.82, 2.24) is 9.97 Å². The summed E-state index contributed by atoms with van der Waals surface area (Å²) in [7, 11) is 0. The van der Waals surface area contributed by atoms with Gasteiger partial charge >= 0.3 is 5.97 Å². The second-order valence-electron chi connectivity index (χ2n) is 3.75. The summed E-state index contributed by atoms with van der Waals surface area (Å²) in [5.74, 6) is -1.80. The predicted molar refractivity (Wildman–Crippen MR) is 54.7 cm³/mol. The maximum atomic E-state index is 11.7. The van der Waals surface area contributed by atoms with Gasteiger partial charge < -0.3 is 10.0 Å². The number of carboxylic acid groups (broad SMARTS) is 1. The molecular formula is C10H11N3O3. The maximum absolute atomic E-state index is 11.7. The molecule has 1 aliphatic heterocycles. The highest BCUT2D eigenvalue weighted by molar-refractivity contribution is 5.99. The van der Waals surface area contributed by atoms with Gasteiger partial charge in [0.1, 0.15) is 6.33 Å². The number of nitrogens with zero attached hydrogens (tertiary/aromatic N) is 3. The van der Waals surface area contributed by atoms with Crippen LogP contribution in [0, 0.1) is 5.92 Å². The molecule has 0 aliphatic carbocycles. The zero-order chi connectivity index (χ0) is 11.7. The average molecular weight is 221 g/mol. The van der Waals surface area contributed by atoms with Gasteiger partial charge in [-0.2, -0.15) is 0 Å². The molecule has 6 heteroatoms. The zero-order valence-corrected chi connectivity index (χ0v) is 8.70. The largest absolute Gasteiger partial charge is 0.481 e. The fraction of sp³-hybridized carbons (Fsp3) is 0.400. The molecule has 1 amide bonds. The molecule has 2 atom stereocenters. The Kier molecular flexibility index (Phi) is 2.55. The normalized spacial score (nSPS) is 24.8. The number of carboxylic acids is 1. The minimum atomic E-state index is -0.944. The molecule has 16 heavy (non-hydrogen) atoms. The summed E-state index contributed by atoms with van der Waals surface area (Å²) < 4.78 is 0. The lowest BCUT2D eigenvalue weighted by Gasteiger charge is -2.22. The van der Waals surface area contributed by atoms with Gasteiger partial charge in [-0.1, -0.05) is 0 Å². The van der Waals surface area contributed by atoms with Crippen molar-refractivity contribution in [3.63, 3.8) is 0 Å². The number of amides is 1. The van der Waals surface area contributed by atoms with E-state index in [9.17, 15) is 9.59 Å². The van der Waals surface area contributed by atoms with Crippen molar-refractivity contribution in [1.29, 1.82) is 0 Å². The van der Waals surface area contributed by atoms with Gasteiger partial charge in [-0.25, -0.2) is 9.97 Å². The molecule has 1 aromatic heterocycles. The Morgan fingerprint density at radius 3 is 2.62 bits per heavy atom. The lowest BCUT2D eigenvalue weighted by Crippen LogP contribution is -2.35. The summed E-state index contributed by atoms with van der Waals surface area (Å²) in [6.07, 6.45) is 4.41. The Hall–Kier alpha value is -1.98. The number of aromatic nitrogens is 2. The monoisotopic (exact) mass is 221 g/mol. The van der Waals surface area contributed by atoms with E-state index in [1.807, 2.05) is 0 Å². The number of carbonyl (C=O) groups is 2. The molecule has 0 unspecified atom stereocenters. The Morgan fingerprint density at radius 1 is 1.50 bits per heavy atom. The van der Waals surface area contributed by atoms with Crippen LogP contribution in [0.1, 0.15) is 13.3 Å². The highest BCUT2D eigenvalue weighted by atomic mass is 16.4. The number of aliphatic carboxylic acids is 1. The molecule has 2 rings (SSSR count). The summed E-state index contributed by atoms with van der Waals surface area (Å²) in [5.41, 5.74) is 0.545. The Morgan fingerprint density at radius 2 is 2.12 bits per heavy atom. The topological polar surface area (TPSA) is 83.4 Å². The van der Waals surface area contributed by atoms with Crippen LogP contribution >= 0.6 is 0 Å². The number of carbonyl (C=O) groups excluding carboxylic acids is 1. The van der Waals surface area contributed by atoms with Crippen molar-refractivity contribution in [2.45, 2.75) is 19.4 Å². The maximum Gasteiger partial charge on any atom is 0.309 e. The van der Waals surface area contributed by atoms with E-state index in [1.165, 1.54) is 23.6 Å². The highest BCUT2D eigenvalue weighted by Crippen LogP contribution is 2.29. The quantitative estimate of drug-likeness (QED) is 0.776. The van der Waals surface area contributed by atoms with Crippen LogP contribution < -0.4 is 4.90 Å². The van der Waals surface area contributed by atoms with Gasteiger partial charge in [0.15, 0.2) is 0 Å². The van der Waals surface area contributed by atoms with Crippen LogP contribution in [0.25, 0.3) is 0 Å².